The first-order chi connectivity index (χ1) is 16.2. The second-order valence-electron chi connectivity index (χ2n) is 9.91. The molecule has 0 saturated heterocycles. The molecule has 0 unspecified atom stereocenters. The summed E-state index contributed by atoms with van der Waals surface area (Å²) in [5.41, 5.74) is 1.51. The minimum atomic E-state index is 0.186. The number of unbranched alkanes of at least 4 members (excludes halogenated alkanes) is 18. The van der Waals surface area contributed by atoms with Crippen molar-refractivity contribution in [1.82, 2.24) is 0 Å². The molecule has 0 bridgehead atoms. The molecule has 2 nitrogen and oxygen atoms in total. The van der Waals surface area contributed by atoms with Gasteiger partial charge in [-0.2, -0.15) is 0 Å². The smallest absolute Gasteiger partial charge is 0.0654 e. The summed E-state index contributed by atoms with van der Waals surface area (Å²) < 4.78 is 0. The van der Waals surface area contributed by atoms with Crippen LogP contribution in [-0.4, -0.2) is 26.1 Å². The van der Waals surface area contributed by atoms with Crippen molar-refractivity contribution in [3.8, 4) is 0 Å². The van der Waals surface area contributed by atoms with Crippen LogP contribution in [0.25, 0.3) is 0 Å². The quantitative estimate of drug-likeness (QED) is 0.0768. The van der Waals surface area contributed by atoms with Crippen molar-refractivity contribution in [3.63, 3.8) is 0 Å². The van der Waals surface area contributed by atoms with Crippen LogP contribution in [0.4, 0.5) is 0 Å². The number of carbonyl (C=O) groups is 2. The Labute approximate surface area is 211 Å². The van der Waals surface area contributed by atoms with Crippen molar-refractivity contribution < 1.29 is 9.59 Å². The van der Waals surface area contributed by atoms with E-state index in [1.165, 1.54) is 103 Å². The number of Topliss-reactive ketones (excluding diaryl/α,β-unsaturated/α-hetero) is 2. The molecule has 0 aliphatic rings. The molecular weight excluding hydrogens is 471 g/mol. The molecule has 0 aliphatic carbocycles. The number of hydrogen-bond donors (Lipinski definition) is 0. The monoisotopic (exact) mass is 524 g/mol. The van der Waals surface area contributed by atoms with Gasteiger partial charge in [0.05, 0.1) is 0 Å². The minimum Gasteiger partial charge on any atom is -0.0654 e. The first-order valence-electron chi connectivity index (χ1n) is 14.3. The minimum absolute atomic E-state index is 0.186. The van der Waals surface area contributed by atoms with Crippen LogP contribution in [0.15, 0.2) is 9.88 Å². The Morgan fingerprint density at radius 2 is 0.758 bits per heavy atom. The van der Waals surface area contributed by atoms with Gasteiger partial charge in [0, 0.05) is 0 Å². The average molecular weight is 524 g/mol. The van der Waals surface area contributed by atoms with Gasteiger partial charge in [-0.25, -0.2) is 0 Å². The van der Waals surface area contributed by atoms with Gasteiger partial charge >= 0.3 is 172 Å². The Bertz CT molecular complexity index is 554. The van der Waals surface area contributed by atoms with Gasteiger partial charge in [0.2, 0.25) is 0 Å². The first-order valence-corrected chi connectivity index (χ1v) is 16.3. The van der Waals surface area contributed by atoms with Gasteiger partial charge in [-0.05, 0) is 0 Å². The summed E-state index contributed by atoms with van der Waals surface area (Å²) in [7, 11) is 0. The fourth-order valence-electron chi connectivity index (χ4n) is 4.54. The Morgan fingerprint density at radius 1 is 0.485 bits per heavy atom. The average Bonchev–Trinajstić information content (AvgIpc) is 3.31. The SMILES string of the molecule is CCCCCCCCCCCCC(=O)c1c[se]cc1C(=O)CCCCCCCCCCCC. The van der Waals surface area contributed by atoms with E-state index in [-0.39, 0.29) is 26.1 Å². The van der Waals surface area contributed by atoms with E-state index >= 15 is 0 Å². The molecule has 0 saturated carbocycles. The summed E-state index contributed by atoms with van der Waals surface area (Å²) >= 11 is 0.186. The normalized spacial score (nSPS) is 11.2. The van der Waals surface area contributed by atoms with Crippen molar-refractivity contribution in [2.45, 2.75) is 155 Å². The van der Waals surface area contributed by atoms with E-state index in [9.17, 15) is 9.59 Å². The summed E-state index contributed by atoms with van der Waals surface area (Å²) in [6.45, 7) is 4.52. The Hall–Kier alpha value is -0.661. The maximum absolute atomic E-state index is 12.7. The van der Waals surface area contributed by atoms with E-state index in [1.54, 1.807) is 0 Å². The molecule has 0 spiro atoms. The van der Waals surface area contributed by atoms with Crippen LogP contribution in [0, 0.1) is 0 Å². The summed E-state index contributed by atoms with van der Waals surface area (Å²) in [6.07, 6.45) is 26.8. The van der Waals surface area contributed by atoms with Gasteiger partial charge < -0.3 is 0 Å². The molecule has 0 atom stereocenters. The van der Waals surface area contributed by atoms with Crippen LogP contribution < -0.4 is 0 Å². The molecule has 1 aromatic heterocycles. The molecule has 190 valence electrons. The van der Waals surface area contributed by atoms with Crippen LogP contribution in [0.2, 0.25) is 0 Å². The first kappa shape index (κ1) is 30.4. The second-order valence-corrected chi connectivity index (χ2v) is 11.5. The van der Waals surface area contributed by atoms with Crippen molar-refractivity contribution >= 4 is 26.1 Å². The number of carbonyl (C=O) groups excluding carboxylic acids is 2. The van der Waals surface area contributed by atoms with Gasteiger partial charge in [0.25, 0.3) is 0 Å². The zero-order valence-electron chi connectivity index (χ0n) is 21.9. The number of hydrogen-bond acceptors (Lipinski definition) is 2. The zero-order valence-corrected chi connectivity index (χ0v) is 23.6. The van der Waals surface area contributed by atoms with E-state index in [0.717, 1.165) is 36.8 Å². The molecule has 0 radical (unpaired) electrons. The predicted octanol–water partition coefficient (Wildman–Crippen LogP) is 9.73. The van der Waals surface area contributed by atoms with Crippen LogP contribution in [0.5, 0.6) is 0 Å². The van der Waals surface area contributed by atoms with Crippen molar-refractivity contribution in [2.24, 2.45) is 0 Å². The van der Waals surface area contributed by atoms with E-state index < -0.39 is 0 Å². The third-order valence-electron chi connectivity index (χ3n) is 6.78. The molecule has 33 heavy (non-hydrogen) atoms. The van der Waals surface area contributed by atoms with Crippen LogP contribution in [-0.2, 0) is 0 Å². The topological polar surface area (TPSA) is 34.1 Å². The second kappa shape index (κ2) is 21.8. The van der Waals surface area contributed by atoms with Gasteiger partial charge in [-0.15, -0.1) is 0 Å². The zero-order chi connectivity index (χ0) is 24.0. The van der Waals surface area contributed by atoms with E-state index in [1.807, 2.05) is 9.88 Å². The van der Waals surface area contributed by atoms with E-state index in [2.05, 4.69) is 13.8 Å². The molecule has 0 fully saturated rings. The third kappa shape index (κ3) is 15.8. The molecular formula is C30H52O2Se. The van der Waals surface area contributed by atoms with Crippen LogP contribution >= 0.6 is 0 Å². The van der Waals surface area contributed by atoms with Gasteiger partial charge in [-0.1, -0.05) is 39.5 Å². The number of rotatable bonds is 24. The van der Waals surface area contributed by atoms with Gasteiger partial charge in [-0.3, -0.25) is 0 Å². The molecule has 0 amide bonds. The van der Waals surface area contributed by atoms with Crippen molar-refractivity contribution in [1.29, 1.82) is 0 Å². The predicted molar refractivity (Wildman–Crippen MR) is 145 cm³/mol. The number of ketones is 2. The molecule has 0 aliphatic heterocycles. The molecule has 1 aromatic rings. The Balaban J connectivity index is 2.11. The fraction of sp³-hybridized carbons (Fsp3) is 0.800. The molecule has 1 heterocycles. The van der Waals surface area contributed by atoms with Gasteiger partial charge in [0.15, 0.2) is 0 Å². The summed E-state index contributed by atoms with van der Waals surface area (Å²) in [5.74, 6) is 0.410. The van der Waals surface area contributed by atoms with Gasteiger partial charge in [0.1, 0.15) is 0 Å². The summed E-state index contributed by atoms with van der Waals surface area (Å²) in [6, 6.07) is 0. The Morgan fingerprint density at radius 3 is 1.06 bits per heavy atom. The summed E-state index contributed by atoms with van der Waals surface area (Å²) in [4.78, 5) is 29.5. The van der Waals surface area contributed by atoms with Crippen LogP contribution in [0.1, 0.15) is 176 Å². The van der Waals surface area contributed by atoms with Crippen LogP contribution in [0.3, 0.4) is 0 Å². The maximum atomic E-state index is 12.7. The van der Waals surface area contributed by atoms with E-state index in [4.69, 9.17) is 0 Å². The third-order valence-corrected chi connectivity index (χ3v) is 8.34. The Kier molecular flexibility index (Phi) is 20.1. The standard InChI is InChI=1S/C30H52O2Se/c1-3-5-7-9-11-13-15-17-19-21-23-29(31)27-25-33-26-28(27)30(32)24-22-20-18-16-14-12-10-8-6-4-2/h25-26H,3-24H2,1-2H3. The molecule has 3 heteroatoms. The van der Waals surface area contributed by atoms with Crippen molar-refractivity contribution in [2.75, 3.05) is 0 Å². The fourth-order valence-corrected chi connectivity index (χ4v) is 6.34. The molecule has 0 N–H and O–H groups in total. The van der Waals surface area contributed by atoms with E-state index in [0.29, 0.717) is 12.8 Å². The van der Waals surface area contributed by atoms with Crippen molar-refractivity contribution in [3.05, 3.63) is 21.0 Å². The summed E-state index contributed by atoms with van der Waals surface area (Å²) in [5, 5.41) is 0. The molecule has 1 rings (SSSR count). The molecule has 0 aromatic carbocycles.